The minimum Gasteiger partial charge on any atom is -0.466 e. The highest BCUT2D eigenvalue weighted by atomic mass is 16.5. The summed E-state index contributed by atoms with van der Waals surface area (Å²) in [5.41, 5.74) is 0. The van der Waals surface area contributed by atoms with Crippen LogP contribution >= 0.6 is 0 Å². The highest BCUT2D eigenvalue weighted by molar-refractivity contribution is 5.69. The van der Waals surface area contributed by atoms with Crippen LogP contribution in [0.2, 0.25) is 0 Å². The quantitative estimate of drug-likeness (QED) is 0.665. The van der Waals surface area contributed by atoms with Gasteiger partial charge in [-0.15, -0.1) is 0 Å². The third kappa shape index (κ3) is 3.64. The lowest BCUT2D eigenvalue weighted by Gasteiger charge is -2.09. The summed E-state index contributed by atoms with van der Waals surface area (Å²) in [6.45, 7) is 3.19. The lowest BCUT2D eigenvalue weighted by atomic mass is 10.1. The van der Waals surface area contributed by atoms with Crippen LogP contribution in [0.5, 0.6) is 0 Å². The van der Waals surface area contributed by atoms with Gasteiger partial charge in [-0.2, -0.15) is 0 Å². The Kier molecular flexibility index (Phi) is 4.90. The zero-order chi connectivity index (χ0) is 10.4. The number of hydrogen-bond acceptors (Lipinski definition) is 4. The maximum Gasteiger partial charge on any atom is 0.305 e. The topological polar surface area (TPSA) is 47.6 Å². The summed E-state index contributed by atoms with van der Waals surface area (Å²) in [4.78, 5) is 11.1. The Morgan fingerprint density at radius 1 is 1.57 bits per heavy atom. The van der Waals surface area contributed by atoms with Crippen molar-refractivity contribution in [2.45, 2.75) is 38.3 Å². The van der Waals surface area contributed by atoms with Gasteiger partial charge in [-0.25, -0.2) is 0 Å². The van der Waals surface area contributed by atoms with E-state index in [-0.39, 0.29) is 5.97 Å². The Labute approximate surface area is 85.0 Å². The normalized spacial score (nSPS) is 26.4. The first-order valence-electron chi connectivity index (χ1n) is 5.18. The van der Waals surface area contributed by atoms with Gasteiger partial charge in [0.25, 0.3) is 0 Å². The van der Waals surface area contributed by atoms with Gasteiger partial charge < -0.3 is 14.8 Å². The molecular formula is C10H19NO3. The first-order valence-corrected chi connectivity index (χ1v) is 5.18. The van der Waals surface area contributed by atoms with E-state index in [1.54, 1.807) is 7.11 Å². The van der Waals surface area contributed by atoms with Gasteiger partial charge in [-0.1, -0.05) is 0 Å². The molecule has 0 spiro atoms. The van der Waals surface area contributed by atoms with Crippen LogP contribution in [0, 0.1) is 0 Å². The SMILES string of the molecule is CCOC(=O)CC[C@@H]1C[C@@H](OC)CN1. The third-order valence-corrected chi connectivity index (χ3v) is 2.52. The molecule has 0 aromatic rings. The Morgan fingerprint density at radius 3 is 2.93 bits per heavy atom. The van der Waals surface area contributed by atoms with Crippen molar-refractivity contribution in [2.75, 3.05) is 20.3 Å². The van der Waals surface area contributed by atoms with Crippen LogP contribution in [0.15, 0.2) is 0 Å². The second-order valence-corrected chi connectivity index (χ2v) is 3.54. The van der Waals surface area contributed by atoms with Crippen LogP contribution in [0.25, 0.3) is 0 Å². The maximum atomic E-state index is 11.1. The minimum absolute atomic E-state index is 0.102. The lowest BCUT2D eigenvalue weighted by molar-refractivity contribution is -0.143. The van der Waals surface area contributed by atoms with Gasteiger partial charge >= 0.3 is 5.97 Å². The van der Waals surface area contributed by atoms with Crippen molar-refractivity contribution in [1.82, 2.24) is 5.32 Å². The summed E-state index contributed by atoms with van der Waals surface area (Å²) in [7, 11) is 1.72. The van der Waals surface area contributed by atoms with E-state index >= 15 is 0 Å². The van der Waals surface area contributed by atoms with E-state index in [0.717, 1.165) is 19.4 Å². The number of esters is 1. The second kappa shape index (κ2) is 5.98. The van der Waals surface area contributed by atoms with Crippen molar-refractivity contribution in [3.05, 3.63) is 0 Å². The van der Waals surface area contributed by atoms with Crippen LogP contribution in [0.1, 0.15) is 26.2 Å². The minimum atomic E-state index is -0.102. The zero-order valence-corrected chi connectivity index (χ0v) is 8.91. The first-order chi connectivity index (χ1) is 6.76. The number of carbonyl (C=O) groups excluding carboxylic acids is 1. The molecule has 14 heavy (non-hydrogen) atoms. The average molecular weight is 201 g/mol. The van der Waals surface area contributed by atoms with Gasteiger partial charge in [0.1, 0.15) is 0 Å². The van der Waals surface area contributed by atoms with Gasteiger partial charge in [0.15, 0.2) is 0 Å². The van der Waals surface area contributed by atoms with E-state index in [9.17, 15) is 4.79 Å². The number of nitrogens with one attached hydrogen (secondary N) is 1. The summed E-state index contributed by atoms with van der Waals surface area (Å²) >= 11 is 0. The molecule has 2 atom stereocenters. The fraction of sp³-hybridized carbons (Fsp3) is 0.900. The van der Waals surface area contributed by atoms with Crippen molar-refractivity contribution >= 4 is 5.97 Å². The van der Waals surface area contributed by atoms with Gasteiger partial charge in [0, 0.05) is 26.1 Å². The molecule has 1 N–H and O–H groups in total. The van der Waals surface area contributed by atoms with E-state index in [2.05, 4.69) is 5.32 Å². The molecule has 0 amide bonds. The van der Waals surface area contributed by atoms with Crippen LogP contribution in [0.3, 0.4) is 0 Å². The van der Waals surface area contributed by atoms with E-state index in [1.165, 1.54) is 0 Å². The Morgan fingerprint density at radius 2 is 2.36 bits per heavy atom. The van der Waals surface area contributed by atoms with Crippen LogP contribution in [-0.4, -0.2) is 38.4 Å². The highest BCUT2D eigenvalue weighted by Gasteiger charge is 2.23. The molecule has 82 valence electrons. The first kappa shape index (κ1) is 11.5. The number of methoxy groups -OCH3 is 1. The molecule has 0 unspecified atom stereocenters. The van der Waals surface area contributed by atoms with Gasteiger partial charge in [0.05, 0.1) is 12.7 Å². The summed E-state index contributed by atoms with van der Waals surface area (Å²) in [5.74, 6) is -0.102. The van der Waals surface area contributed by atoms with E-state index < -0.39 is 0 Å². The van der Waals surface area contributed by atoms with Crippen LogP contribution < -0.4 is 5.32 Å². The zero-order valence-electron chi connectivity index (χ0n) is 8.91. The molecule has 1 rings (SSSR count). The highest BCUT2D eigenvalue weighted by Crippen LogP contribution is 2.14. The van der Waals surface area contributed by atoms with Crippen LogP contribution in [-0.2, 0) is 14.3 Å². The van der Waals surface area contributed by atoms with Crippen molar-refractivity contribution < 1.29 is 14.3 Å². The predicted molar refractivity (Wildman–Crippen MR) is 53.1 cm³/mol. The fourth-order valence-electron chi connectivity index (χ4n) is 1.71. The van der Waals surface area contributed by atoms with Crippen molar-refractivity contribution in [3.8, 4) is 0 Å². The third-order valence-electron chi connectivity index (χ3n) is 2.52. The standard InChI is InChI=1S/C10H19NO3/c1-3-14-10(12)5-4-8-6-9(13-2)7-11-8/h8-9,11H,3-7H2,1-2H3/t8-,9-/m1/s1. The van der Waals surface area contributed by atoms with E-state index in [1.807, 2.05) is 6.92 Å². The van der Waals surface area contributed by atoms with Crippen molar-refractivity contribution in [1.29, 1.82) is 0 Å². The molecule has 1 aliphatic rings. The monoisotopic (exact) mass is 201 g/mol. The van der Waals surface area contributed by atoms with E-state index in [0.29, 0.717) is 25.2 Å². The molecule has 4 heteroatoms. The Hall–Kier alpha value is -0.610. The molecule has 0 bridgehead atoms. The summed E-state index contributed by atoms with van der Waals surface area (Å²) in [5, 5.41) is 3.32. The molecule has 1 heterocycles. The molecule has 1 saturated heterocycles. The number of ether oxygens (including phenoxy) is 2. The molecule has 0 aliphatic carbocycles. The van der Waals surface area contributed by atoms with Gasteiger partial charge in [-0.05, 0) is 19.8 Å². The molecule has 0 radical (unpaired) electrons. The smallest absolute Gasteiger partial charge is 0.305 e. The molecular weight excluding hydrogens is 182 g/mol. The molecule has 1 aliphatic heterocycles. The van der Waals surface area contributed by atoms with E-state index in [4.69, 9.17) is 9.47 Å². The average Bonchev–Trinajstić information content (AvgIpc) is 2.63. The van der Waals surface area contributed by atoms with Gasteiger partial charge in [0.2, 0.25) is 0 Å². The lowest BCUT2D eigenvalue weighted by Crippen LogP contribution is -2.22. The molecule has 0 saturated carbocycles. The summed E-state index contributed by atoms with van der Waals surface area (Å²) < 4.78 is 10.1. The summed E-state index contributed by atoms with van der Waals surface area (Å²) in [6.07, 6.45) is 2.65. The second-order valence-electron chi connectivity index (χ2n) is 3.54. The number of hydrogen-bond donors (Lipinski definition) is 1. The number of carbonyl (C=O) groups is 1. The van der Waals surface area contributed by atoms with Gasteiger partial charge in [-0.3, -0.25) is 4.79 Å². The maximum absolute atomic E-state index is 11.1. The molecule has 0 aromatic heterocycles. The molecule has 4 nitrogen and oxygen atoms in total. The van der Waals surface area contributed by atoms with Crippen LogP contribution in [0.4, 0.5) is 0 Å². The Balaban J connectivity index is 2.11. The molecule has 0 aromatic carbocycles. The fourth-order valence-corrected chi connectivity index (χ4v) is 1.71. The van der Waals surface area contributed by atoms with Crippen molar-refractivity contribution in [2.24, 2.45) is 0 Å². The molecule has 1 fully saturated rings. The number of rotatable bonds is 5. The largest absolute Gasteiger partial charge is 0.466 e. The predicted octanol–water partition coefficient (Wildman–Crippen LogP) is 0.707. The van der Waals surface area contributed by atoms with Crippen molar-refractivity contribution in [3.63, 3.8) is 0 Å². The Bertz CT molecular complexity index is 184. The summed E-state index contributed by atoms with van der Waals surface area (Å²) in [6, 6.07) is 0.407.